The zero-order chi connectivity index (χ0) is 8.10. The average molecular weight is 154 g/mol. The molecule has 0 amide bonds. The summed E-state index contributed by atoms with van der Waals surface area (Å²) in [4.78, 5) is 0. The molecule has 0 saturated carbocycles. The van der Waals surface area contributed by atoms with E-state index in [-0.39, 0.29) is 0 Å². The Morgan fingerprint density at radius 2 is 2.27 bits per heavy atom. The van der Waals surface area contributed by atoms with Gasteiger partial charge in [-0.1, -0.05) is 19.8 Å². The molecule has 1 rings (SSSR count). The fraction of sp³-hybridized carbons (Fsp3) is 0.889. The molecule has 0 aromatic carbocycles. The third-order valence-corrected chi connectivity index (χ3v) is 2.30. The summed E-state index contributed by atoms with van der Waals surface area (Å²) >= 11 is 0. The zero-order valence-corrected chi connectivity index (χ0v) is 7.40. The molecule has 0 saturated heterocycles. The molecule has 1 N–H and O–H groups in total. The molecule has 0 spiro atoms. The van der Waals surface area contributed by atoms with Gasteiger partial charge in [0.25, 0.3) is 0 Å². The molecule has 1 aliphatic rings. The van der Waals surface area contributed by atoms with Crippen LogP contribution in [0.5, 0.6) is 0 Å². The number of nitrogens with zero attached hydrogens (tertiary/aromatic N) is 1. The highest BCUT2D eigenvalue weighted by Gasteiger charge is 2.14. The Labute approximate surface area is 69.1 Å². The first-order valence-electron chi connectivity index (χ1n) is 4.68. The van der Waals surface area contributed by atoms with E-state index in [1.54, 1.807) is 4.68 Å². The Morgan fingerprint density at radius 1 is 1.45 bits per heavy atom. The Hall–Kier alpha value is -0.530. The van der Waals surface area contributed by atoms with Gasteiger partial charge in [0.05, 0.1) is 0 Å². The minimum Gasteiger partial charge on any atom is -0.455 e. The third kappa shape index (κ3) is 2.52. The molecule has 0 aromatic rings. The van der Waals surface area contributed by atoms with Crippen LogP contribution in [0, 0.1) is 0 Å². The number of nitrogens with one attached hydrogen (secondary N) is 1. The zero-order valence-electron chi connectivity index (χ0n) is 7.40. The molecule has 0 bridgehead atoms. The molecule has 1 heterocycles. The first-order valence-corrected chi connectivity index (χ1v) is 4.68. The lowest BCUT2D eigenvalue weighted by molar-refractivity contribution is -0.450. The van der Waals surface area contributed by atoms with Crippen LogP contribution in [0.4, 0.5) is 0 Å². The Balaban J connectivity index is 2.20. The summed E-state index contributed by atoms with van der Waals surface area (Å²) in [5, 5.41) is 0. The van der Waals surface area contributed by atoms with E-state index < -0.39 is 0 Å². The molecular formula is C9H18N2. The van der Waals surface area contributed by atoms with Crippen molar-refractivity contribution >= 4 is 5.71 Å². The molecule has 2 heteroatoms. The maximum atomic E-state index is 7.52. The maximum absolute atomic E-state index is 7.52. The highest BCUT2D eigenvalue weighted by atomic mass is 15.3. The molecule has 0 radical (unpaired) electrons. The smallest absolute Gasteiger partial charge is 0.147 e. The summed E-state index contributed by atoms with van der Waals surface area (Å²) in [5.74, 6) is 7.52. The van der Waals surface area contributed by atoms with Gasteiger partial charge in [-0.25, -0.2) is 0 Å². The van der Waals surface area contributed by atoms with E-state index in [0.29, 0.717) is 0 Å². The lowest BCUT2D eigenvalue weighted by Gasteiger charge is -2.01. The van der Waals surface area contributed by atoms with E-state index >= 15 is 0 Å². The first kappa shape index (κ1) is 8.57. The van der Waals surface area contributed by atoms with Gasteiger partial charge in [-0.15, -0.1) is 0 Å². The third-order valence-electron chi connectivity index (χ3n) is 2.30. The van der Waals surface area contributed by atoms with Crippen molar-refractivity contribution < 1.29 is 4.68 Å². The minimum absolute atomic E-state index is 0.960. The van der Waals surface area contributed by atoms with Crippen molar-refractivity contribution in [2.45, 2.75) is 45.4 Å². The van der Waals surface area contributed by atoms with Crippen LogP contribution in [0.1, 0.15) is 45.4 Å². The van der Waals surface area contributed by atoms with Gasteiger partial charge in [-0.3, -0.25) is 4.68 Å². The topological polar surface area (TPSA) is 26.8 Å². The van der Waals surface area contributed by atoms with Gasteiger partial charge < -0.3 is 5.84 Å². The van der Waals surface area contributed by atoms with E-state index in [0.717, 1.165) is 13.0 Å². The van der Waals surface area contributed by atoms with Crippen LogP contribution in [-0.4, -0.2) is 16.9 Å². The van der Waals surface area contributed by atoms with Crippen molar-refractivity contribution in [3.8, 4) is 0 Å². The number of rotatable bonds is 4. The van der Waals surface area contributed by atoms with E-state index in [1.165, 1.54) is 37.8 Å². The fourth-order valence-corrected chi connectivity index (χ4v) is 1.57. The summed E-state index contributed by atoms with van der Waals surface area (Å²) in [7, 11) is 0. The summed E-state index contributed by atoms with van der Waals surface area (Å²) < 4.78 is 1.69. The maximum Gasteiger partial charge on any atom is 0.147 e. The van der Waals surface area contributed by atoms with E-state index in [9.17, 15) is 0 Å². The van der Waals surface area contributed by atoms with Crippen LogP contribution in [0.3, 0.4) is 0 Å². The molecule has 0 fully saturated rings. The second-order valence-corrected chi connectivity index (χ2v) is 3.28. The number of hydrogen-bond donors (Lipinski definition) is 0. The van der Waals surface area contributed by atoms with Gasteiger partial charge in [0.1, 0.15) is 12.3 Å². The average Bonchev–Trinajstić information content (AvgIpc) is 2.37. The summed E-state index contributed by atoms with van der Waals surface area (Å²) in [6, 6.07) is 0. The summed E-state index contributed by atoms with van der Waals surface area (Å²) in [6.45, 7) is 3.18. The molecular weight excluding hydrogens is 136 g/mol. The van der Waals surface area contributed by atoms with E-state index in [1.807, 2.05) is 0 Å². The van der Waals surface area contributed by atoms with Crippen LogP contribution >= 0.6 is 0 Å². The largest absolute Gasteiger partial charge is 0.455 e. The van der Waals surface area contributed by atoms with Crippen LogP contribution in [0.25, 0.3) is 5.84 Å². The van der Waals surface area contributed by atoms with Crippen LogP contribution < -0.4 is 0 Å². The van der Waals surface area contributed by atoms with Crippen molar-refractivity contribution in [2.75, 3.05) is 6.54 Å². The minimum atomic E-state index is 0.960. The second-order valence-electron chi connectivity index (χ2n) is 3.28. The molecule has 0 unspecified atom stereocenters. The van der Waals surface area contributed by atoms with Gasteiger partial charge in [0, 0.05) is 19.3 Å². The van der Waals surface area contributed by atoms with Crippen molar-refractivity contribution in [1.82, 2.24) is 0 Å². The molecule has 2 nitrogen and oxygen atoms in total. The Morgan fingerprint density at radius 3 is 2.82 bits per heavy atom. The van der Waals surface area contributed by atoms with Crippen LogP contribution in [0.15, 0.2) is 0 Å². The van der Waals surface area contributed by atoms with Gasteiger partial charge in [-0.2, -0.15) is 0 Å². The fourth-order valence-electron chi connectivity index (χ4n) is 1.57. The van der Waals surface area contributed by atoms with Gasteiger partial charge in [0.15, 0.2) is 0 Å². The highest BCUT2D eigenvalue weighted by Crippen LogP contribution is 2.10. The monoisotopic (exact) mass is 154 g/mol. The summed E-state index contributed by atoms with van der Waals surface area (Å²) in [6.07, 6.45) is 7.42. The van der Waals surface area contributed by atoms with Crippen molar-refractivity contribution in [3.05, 3.63) is 5.84 Å². The van der Waals surface area contributed by atoms with Gasteiger partial charge in [-0.05, 0) is 6.42 Å². The number of unbranched alkanes of at least 4 members (excludes halogenated alkanes) is 2. The van der Waals surface area contributed by atoms with Crippen molar-refractivity contribution in [2.24, 2.45) is 0 Å². The quantitative estimate of drug-likeness (QED) is 0.440. The molecule has 1 aliphatic heterocycles. The molecule has 64 valence electrons. The summed E-state index contributed by atoms with van der Waals surface area (Å²) in [5.41, 5.74) is 1.36. The highest BCUT2D eigenvalue weighted by molar-refractivity contribution is 5.80. The van der Waals surface area contributed by atoms with Crippen LogP contribution in [-0.2, 0) is 0 Å². The van der Waals surface area contributed by atoms with Gasteiger partial charge in [0.2, 0.25) is 0 Å². The normalized spacial score (nSPS) is 17.9. The second kappa shape index (κ2) is 4.37. The predicted octanol–water partition coefficient (Wildman–Crippen LogP) is 2.78. The lowest BCUT2D eigenvalue weighted by atomic mass is 10.1. The van der Waals surface area contributed by atoms with Crippen molar-refractivity contribution in [3.63, 3.8) is 0 Å². The molecule has 0 aliphatic carbocycles. The van der Waals surface area contributed by atoms with E-state index in [4.69, 9.17) is 5.84 Å². The molecule has 11 heavy (non-hydrogen) atoms. The SMILES string of the molecule is CCCCCC1=[N+]([NH-])CCC1. The molecule has 0 aromatic heterocycles. The molecule has 0 atom stereocenters. The first-order chi connectivity index (χ1) is 5.34. The Kier molecular flexibility index (Phi) is 3.40. The predicted molar refractivity (Wildman–Crippen MR) is 47.8 cm³/mol. The van der Waals surface area contributed by atoms with Gasteiger partial charge >= 0.3 is 0 Å². The standard InChI is InChI=1S/C9H18N2/c1-2-3-4-6-9-7-5-8-11(9)10/h10H,2-8H2,1H3. The number of hydrogen-bond acceptors (Lipinski definition) is 0. The van der Waals surface area contributed by atoms with Crippen molar-refractivity contribution in [1.29, 1.82) is 0 Å². The van der Waals surface area contributed by atoms with E-state index in [2.05, 4.69) is 6.92 Å². The van der Waals surface area contributed by atoms with Crippen LogP contribution in [0.2, 0.25) is 0 Å². The Bertz CT molecular complexity index is 150. The lowest BCUT2D eigenvalue weighted by Crippen LogP contribution is -2.05.